The Morgan fingerprint density at radius 3 is 2.54 bits per heavy atom. The van der Waals surface area contributed by atoms with Gasteiger partial charge in [0.05, 0.1) is 11.1 Å². The number of nitrogens with one attached hydrogen (secondary N) is 2. The van der Waals surface area contributed by atoms with E-state index in [1.165, 1.54) is 26.2 Å². The van der Waals surface area contributed by atoms with E-state index >= 15 is 0 Å². The molecule has 1 aliphatic rings. The Kier molecular flexibility index (Phi) is 6.22. The monoisotopic (exact) mass is 374 g/mol. The lowest BCUT2D eigenvalue weighted by Gasteiger charge is -2.31. The predicted molar refractivity (Wildman–Crippen MR) is 94.9 cm³/mol. The van der Waals surface area contributed by atoms with Gasteiger partial charge in [-0.25, -0.2) is 12.7 Å². The maximum absolute atomic E-state index is 12.4. The molecule has 0 aromatic heterocycles. The van der Waals surface area contributed by atoms with E-state index in [-0.39, 0.29) is 21.9 Å². The van der Waals surface area contributed by atoms with Gasteiger partial charge in [0.2, 0.25) is 15.9 Å². The van der Waals surface area contributed by atoms with Crippen molar-refractivity contribution >= 4 is 33.2 Å². The molecule has 134 valence electrons. The summed E-state index contributed by atoms with van der Waals surface area (Å²) >= 11 is 6.01. The third-order valence-electron chi connectivity index (χ3n) is 4.04. The van der Waals surface area contributed by atoms with Crippen molar-refractivity contribution in [1.29, 1.82) is 0 Å². The lowest BCUT2D eigenvalue weighted by atomic mass is 10.2. The van der Waals surface area contributed by atoms with Crippen molar-refractivity contribution in [3.05, 3.63) is 23.2 Å². The summed E-state index contributed by atoms with van der Waals surface area (Å²) in [7, 11) is -0.807. The summed E-state index contributed by atoms with van der Waals surface area (Å²) in [4.78, 5) is 14.5. The molecule has 0 aliphatic carbocycles. The van der Waals surface area contributed by atoms with Crippen LogP contribution in [0.5, 0.6) is 0 Å². The van der Waals surface area contributed by atoms with Gasteiger partial charge in [-0.05, 0) is 25.1 Å². The molecule has 0 radical (unpaired) electrons. The Balaban J connectivity index is 2.17. The molecule has 1 unspecified atom stereocenters. The van der Waals surface area contributed by atoms with Crippen LogP contribution >= 0.6 is 11.6 Å². The average molecular weight is 375 g/mol. The summed E-state index contributed by atoms with van der Waals surface area (Å²) in [6, 6.07) is 4.17. The number of hydrogen-bond acceptors (Lipinski definition) is 5. The lowest BCUT2D eigenvalue weighted by Crippen LogP contribution is -2.51. The van der Waals surface area contributed by atoms with Crippen molar-refractivity contribution in [1.82, 2.24) is 14.5 Å². The zero-order chi connectivity index (χ0) is 17.9. The topological polar surface area (TPSA) is 81.8 Å². The van der Waals surface area contributed by atoms with Gasteiger partial charge >= 0.3 is 0 Å². The highest BCUT2D eigenvalue weighted by atomic mass is 35.5. The van der Waals surface area contributed by atoms with Crippen molar-refractivity contribution in [2.45, 2.75) is 17.9 Å². The van der Waals surface area contributed by atoms with Crippen LogP contribution in [0.25, 0.3) is 0 Å². The summed E-state index contributed by atoms with van der Waals surface area (Å²) in [5.74, 6) is -0.174. The van der Waals surface area contributed by atoms with Gasteiger partial charge in [-0.1, -0.05) is 11.6 Å². The van der Waals surface area contributed by atoms with Gasteiger partial charge in [0.1, 0.15) is 4.90 Å². The number of hydrogen-bond donors (Lipinski definition) is 2. The highest BCUT2D eigenvalue weighted by Gasteiger charge is 2.24. The maximum atomic E-state index is 12.4. The Bertz CT molecular complexity index is 703. The molecule has 0 saturated carbocycles. The SMILES string of the molecule is CC(C(=O)Nc1ccc(Cl)c(S(=O)(=O)N(C)C)c1)N1CCNCC1. The first-order chi connectivity index (χ1) is 11.2. The van der Waals surface area contributed by atoms with E-state index in [2.05, 4.69) is 15.5 Å². The first-order valence-electron chi connectivity index (χ1n) is 7.71. The maximum Gasteiger partial charge on any atom is 0.244 e. The molecular weight excluding hydrogens is 352 g/mol. The second-order valence-electron chi connectivity index (χ2n) is 5.88. The number of halogens is 1. The van der Waals surface area contributed by atoms with Crippen LogP contribution in [0.3, 0.4) is 0 Å². The Labute approximate surface area is 148 Å². The molecule has 2 rings (SSSR count). The summed E-state index contributed by atoms with van der Waals surface area (Å²) in [6.07, 6.45) is 0. The van der Waals surface area contributed by atoms with Gasteiger partial charge in [0.15, 0.2) is 0 Å². The second kappa shape index (κ2) is 7.79. The van der Waals surface area contributed by atoms with Gasteiger partial charge in [-0.3, -0.25) is 9.69 Å². The molecule has 1 atom stereocenters. The first kappa shape index (κ1) is 19.1. The zero-order valence-electron chi connectivity index (χ0n) is 14.0. The molecule has 7 nitrogen and oxygen atoms in total. The summed E-state index contributed by atoms with van der Waals surface area (Å²) in [6.45, 7) is 5.15. The standard InChI is InChI=1S/C15H23ClN4O3S/c1-11(20-8-6-17-7-9-20)15(21)18-12-4-5-13(16)14(10-12)24(22,23)19(2)3/h4-5,10-11,17H,6-9H2,1-3H3,(H,18,21). The van der Waals surface area contributed by atoms with Crippen LogP contribution in [0.4, 0.5) is 5.69 Å². The van der Waals surface area contributed by atoms with E-state index in [1.807, 2.05) is 6.92 Å². The van der Waals surface area contributed by atoms with E-state index in [0.717, 1.165) is 30.5 Å². The normalized spacial score (nSPS) is 17.7. The van der Waals surface area contributed by atoms with Crippen LogP contribution in [0.2, 0.25) is 5.02 Å². The van der Waals surface area contributed by atoms with Gasteiger partial charge < -0.3 is 10.6 Å². The molecule has 1 amide bonds. The van der Waals surface area contributed by atoms with Crippen LogP contribution in [0.15, 0.2) is 23.1 Å². The van der Waals surface area contributed by atoms with E-state index in [0.29, 0.717) is 5.69 Å². The third kappa shape index (κ3) is 4.25. The highest BCUT2D eigenvalue weighted by Crippen LogP contribution is 2.27. The van der Waals surface area contributed by atoms with Gasteiger partial charge in [0.25, 0.3) is 0 Å². The smallest absolute Gasteiger partial charge is 0.244 e. The minimum atomic E-state index is -3.68. The number of nitrogens with zero attached hydrogens (tertiary/aromatic N) is 2. The van der Waals surface area contributed by atoms with Gasteiger partial charge in [-0.15, -0.1) is 0 Å². The molecule has 1 aromatic rings. The van der Waals surface area contributed by atoms with Gasteiger partial charge in [0, 0.05) is 46.0 Å². The van der Waals surface area contributed by atoms with Crippen LogP contribution in [0, 0.1) is 0 Å². The van der Waals surface area contributed by atoms with Crippen molar-refractivity contribution in [2.75, 3.05) is 45.6 Å². The molecule has 1 heterocycles. The molecule has 9 heteroatoms. The van der Waals surface area contributed by atoms with Crippen molar-refractivity contribution < 1.29 is 13.2 Å². The zero-order valence-corrected chi connectivity index (χ0v) is 15.6. The molecule has 0 bridgehead atoms. The molecule has 1 aliphatic heterocycles. The Morgan fingerprint density at radius 2 is 1.96 bits per heavy atom. The minimum absolute atomic E-state index is 0.0261. The number of benzene rings is 1. The number of piperazine rings is 1. The Hall–Kier alpha value is -1.19. The number of sulfonamides is 1. The molecule has 0 spiro atoms. The van der Waals surface area contributed by atoms with Gasteiger partial charge in [-0.2, -0.15) is 0 Å². The summed E-state index contributed by atoms with van der Waals surface area (Å²) in [5.41, 5.74) is 0.409. The highest BCUT2D eigenvalue weighted by molar-refractivity contribution is 7.89. The fourth-order valence-electron chi connectivity index (χ4n) is 2.46. The number of carbonyl (C=O) groups is 1. The summed E-state index contributed by atoms with van der Waals surface area (Å²) in [5, 5.41) is 6.14. The molecule has 2 N–H and O–H groups in total. The van der Waals surface area contributed by atoms with Crippen molar-refractivity contribution in [2.24, 2.45) is 0 Å². The predicted octanol–water partition coefficient (Wildman–Crippen LogP) is 0.822. The van der Waals surface area contributed by atoms with Crippen LogP contribution in [0.1, 0.15) is 6.92 Å². The van der Waals surface area contributed by atoms with Crippen LogP contribution in [-0.4, -0.2) is 69.8 Å². The number of rotatable bonds is 5. The number of amides is 1. The lowest BCUT2D eigenvalue weighted by molar-refractivity contribution is -0.120. The van der Waals surface area contributed by atoms with Crippen LogP contribution < -0.4 is 10.6 Å². The number of carbonyl (C=O) groups excluding carboxylic acids is 1. The first-order valence-corrected chi connectivity index (χ1v) is 9.53. The van der Waals surface area contributed by atoms with E-state index < -0.39 is 10.0 Å². The minimum Gasteiger partial charge on any atom is -0.325 e. The van der Waals surface area contributed by atoms with Crippen molar-refractivity contribution in [3.8, 4) is 0 Å². The summed E-state index contributed by atoms with van der Waals surface area (Å²) < 4.78 is 25.7. The van der Waals surface area contributed by atoms with Crippen LogP contribution in [-0.2, 0) is 14.8 Å². The second-order valence-corrected chi connectivity index (χ2v) is 8.41. The largest absolute Gasteiger partial charge is 0.325 e. The quantitative estimate of drug-likeness (QED) is 0.797. The van der Waals surface area contributed by atoms with E-state index in [4.69, 9.17) is 11.6 Å². The average Bonchev–Trinajstić information content (AvgIpc) is 2.56. The van der Waals surface area contributed by atoms with E-state index in [9.17, 15) is 13.2 Å². The third-order valence-corrected chi connectivity index (χ3v) is 6.33. The van der Waals surface area contributed by atoms with Crippen molar-refractivity contribution in [3.63, 3.8) is 0 Å². The molecule has 1 saturated heterocycles. The number of anilines is 1. The molecule has 1 aromatic carbocycles. The fourth-order valence-corrected chi connectivity index (χ4v) is 3.85. The fraction of sp³-hybridized carbons (Fsp3) is 0.533. The molecular formula is C15H23ClN4O3S. The van der Waals surface area contributed by atoms with E-state index in [1.54, 1.807) is 6.07 Å². The molecule has 24 heavy (non-hydrogen) atoms. The molecule has 1 fully saturated rings. The Morgan fingerprint density at radius 1 is 1.33 bits per heavy atom.